The number of rotatable bonds is 4. The molecule has 0 bridgehead atoms. The van der Waals surface area contributed by atoms with Crippen LogP contribution in [-0.2, 0) is 14.8 Å². The van der Waals surface area contributed by atoms with Gasteiger partial charge in [-0.3, -0.25) is 4.79 Å². The Labute approximate surface area is 156 Å². The van der Waals surface area contributed by atoms with Gasteiger partial charge in [0.2, 0.25) is 15.9 Å². The van der Waals surface area contributed by atoms with E-state index in [0.29, 0.717) is 30.2 Å². The standard InChI is InChI=1S/C17H17ClFN3O3S/c18-13-3-8-16(20-10-13)21-17(23)12-2-1-9-22(11-12)26(24,25)15-6-4-14(19)5-7-15/h3-8,10,12H,1-2,9,11H2,(H,20,21,23). The number of nitrogens with one attached hydrogen (secondary N) is 1. The lowest BCUT2D eigenvalue weighted by Crippen LogP contribution is -2.43. The molecule has 0 spiro atoms. The minimum atomic E-state index is -3.77. The van der Waals surface area contributed by atoms with Crippen LogP contribution in [0.25, 0.3) is 0 Å². The molecule has 1 aromatic heterocycles. The summed E-state index contributed by atoms with van der Waals surface area (Å²) in [5.74, 6) is -0.927. The number of hydrogen-bond donors (Lipinski definition) is 1. The maximum Gasteiger partial charge on any atom is 0.243 e. The van der Waals surface area contributed by atoms with Crippen LogP contribution in [0, 0.1) is 11.7 Å². The second kappa shape index (κ2) is 7.69. The maximum absolute atomic E-state index is 13.0. The number of hydrogen-bond acceptors (Lipinski definition) is 4. The number of piperidine rings is 1. The van der Waals surface area contributed by atoms with E-state index >= 15 is 0 Å². The van der Waals surface area contributed by atoms with E-state index in [1.807, 2.05) is 0 Å². The van der Waals surface area contributed by atoms with Gasteiger partial charge in [0.1, 0.15) is 11.6 Å². The number of benzene rings is 1. The molecular formula is C17H17ClFN3O3S. The van der Waals surface area contributed by atoms with Gasteiger partial charge in [-0.15, -0.1) is 0 Å². The van der Waals surface area contributed by atoms with E-state index in [1.165, 1.54) is 22.6 Å². The first-order valence-corrected chi connectivity index (χ1v) is 9.86. The summed E-state index contributed by atoms with van der Waals surface area (Å²) < 4.78 is 39.7. The first-order chi connectivity index (χ1) is 12.4. The van der Waals surface area contributed by atoms with Crippen molar-refractivity contribution in [1.29, 1.82) is 0 Å². The fourth-order valence-electron chi connectivity index (χ4n) is 2.81. The number of amides is 1. The summed E-state index contributed by atoms with van der Waals surface area (Å²) in [5, 5.41) is 3.13. The molecule has 1 aliphatic rings. The van der Waals surface area contributed by atoms with E-state index < -0.39 is 21.8 Å². The van der Waals surface area contributed by atoms with E-state index in [1.54, 1.807) is 12.1 Å². The molecule has 1 fully saturated rings. The zero-order chi connectivity index (χ0) is 18.7. The highest BCUT2D eigenvalue weighted by Crippen LogP contribution is 2.25. The smallest absolute Gasteiger partial charge is 0.243 e. The molecule has 2 heterocycles. The summed E-state index contributed by atoms with van der Waals surface area (Å²) in [6.07, 6.45) is 2.56. The van der Waals surface area contributed by atoms with Crippen molar-refractivity contribution in [3.63, 3.8) is 0 Å². The molecule has 0 aliphatic carbocycles. The van der Waals surface area contributed by atoms with Crippen molar-refractivity contribution < 1.29 is 17.6 Å². The van der Waals surface area contributed by atoms with E-state index in [4.69, 9.17) is 11.6 Å². The topological polar surface area (TPSA) is 79.4 Å². The van der Waals surface area contributed by atoms with Crippen molar-refractivity contribution in [2.24, 2.45) is 5.92 Å². The average molecular weight is 398 g/mol. The molecule has 1 unspecified atom stereocenters. The van der Waals surface area contributed by atoms with Gasteiger partial charge in [-0.2, -0.15) is 4.31 Å². The monoisotopic (exact) mass is 397 g/mol. The molecule has 1 amide bonds. The third-order valence-electron chi connectivity index (χ3n) is 4.18. The lowest BCUT2D eigenvalue weighted by molar-refractivity contribution is -0.120. The number of carbonyl (C=O) groups excluding carboxylic acids is 1. The summed E-state index contributed by atoms with van der Waals surface area (Å²) in [6, 6.07) is 7.85. The average Bonchev–Trinajstić information content (AvgIpc) is 2.64. The number of carbonyl (C=O) groups is 1. The van der Waals surface area contributed by atoms with E-state index in [-0.39, 0.29) is 17.3 Å². The molecule has 1 saturated heterocycles. The quantitative estimate of drug-likeness (QED) is 0.860. The van der Waals surface area contributed by atoms with Crippen molar-refractivity contribution >= 4 is 33.3 Å². The molecule has 1 aliphatic heterocycles. The van der Waals surface area contributed by atoms with Crippen LogP contribution in [0.5, 0.6) is 0 Å². The van der Waals surface area contributed by atoms with Crippen molar-refractivity contribution in [3.8, 4) is 0 Å². The summed E-state index contributed by atoms with van der Waals surface area (Å²) in [7, 11) is -3.77. The Bertz CT molecular complexity index is 888. The van der Waals surface area contributed by atoms with Gasteiger partial charge in [0, 0.05) is 19.3 Å². The van der Waals surface area contributed by atoms with Crippen molar-refractivity contribution in [2.75, 3.05) is 18.4 Å². The van der Waals surface area contributed by atoms with Crippen LogP contribution in [-0.4, -0.2) is 36.7 Å². The lowest BCUT2D eigenvalue weighted by atomic mass is 9.99. The number of anilines is 1. The van der Waals surface area contributed by atoms with Gasteiger partial charge in [-0.25, -0.2) is 17.8 Å². The van der Waals surface area contributed by atoms with Crippen molar-refractivity contribution in [1.82, 2.24) is 9.29 Å². The minimum absolute atomic E-state index is 0.0133. The number of halogens is 2. The second-order valence-corrected chi connectivity index (χ2v) is 8.38. The fraction of sp³-hybridized carbons (Fsp3) is 0.294. The van der Waals surface area contributed by atoms with E-state index in [9.17, 15) is 17.6 Å². The van der Waals surface area contributed by atoms with Crippen LogP contribution in [0.2, 0.25) is 5.02 Å². The van der Waals surface area contributed by atoms with Gasteiger partial charge in [0.05, 0.1) is 15.8 Å². The summed E-state index contributed by atoms with van der Waals surface area (Å²) >= 11 is 5.76. The van der Waals surface area contributed by atoms with Gasteiger partial charge >= 0.3 is 0 Å². The highest BCUT2D eigenvalue weighted by Gasteiger charge is 2.33. The second-order valence-electron chi connectivity index (χ2n) is 6.01. The van der Waals surface area contributed by atoms with Crippen LogP contribution in [0.15, 0.2) is 47.5 Å². The molecule has 6 nitrogen and oxygen atoms in total. The van der Waals surface area contributed by atoms with Gasteiger partial charge < -0.3 is 5.32 Å². The summed E-state index contributed by atoms with van der Waals surface area (Å²) in [4.78, 5) is 16.5. The molecule has 2 aromatic rings. The summed E-state index contributed by atoms with van der Waals surface area (Å²) in [5.41, 5.74) is 0. The molecule has 1 atom stereocenters. The van der Waals surface area contributed by atoms with Crippen LogP contribution in [0.1, 0.15) is 12.8 Å². The van der Waals surface area contributed by atoms with Crippen LogP contribution in [0.3, 0.4) is 0 Å². The highest BCUT2D eigenvalue weighted by molar-refractivity contribution is 7.89. The molecular weight excluding hydrogens is 381 g/mol. The molecule has 26 heavy (non-hydrogen) atoms. The first kappa shape index (κ1) is 18.8. The third-order valence-corrected chi connectivity index (χ3v) is 6.29. The van der Waals surface area contributed by atoms with Crippen LogP contribution >= 0.6 is 11.6 Å². The van der Waals surface area contributed by atoms with E-state index in [2.05, 4.69) is 10.3 Å². The predicted octanol–water partition coefficient (Wildman–Crippen LogP) is 2.91. The first-order valence-electron chi connectivity index (χ1n) is 8.04. The lowest BCUT2D eigenvalue weighted by Gasteiger charge is -2.31. The van der Waals surface area contributed by atoms with Gasteiger partial charge in [0.15, 0.2) is 0 Å². The normalized spacial score (nSPS) is 18.5. The Balaban J connectivity index is 1.71. The summed E-state index contributed by atoms with van der Waals surface area (Å²) in [6.45, 7) is 0.391. The van der Waals surface area contributed by atoms with Crippen LogP contribution < -0.4 is 5.32 Å². The number of aromatic nitrogens is 1. The van der Waals surface area contributed by atoms with Crippen LogP contribution in [0.4, 0.5) is 10.2 Å². The third kappa shape index (κ3) is 4.20. The molecule has 1 aromatic carbocycles. The van der Waals surface area contributed by atoms with Gasteiger partial charge in [0.25, 0.3) is 0 Å². The number of sulfonamides is 1. The molecule has 3 rings (SSSR count). The highest BCUT2D eigenvalue weighted by atomic mass is 35.5. The zero-order valence-corrected chi connectivity index (χ0v) is 15.3. The van der Waals surface area contributed by atoms with Gasteiger partial charge in [-0.1, -0.05) is 11.6 Å². The number of pyridine rings is 1. The van der Waals surface area contributed by atoms with Crippen molar-refractivity contribution in [3.05, 3.63) is 53.4 Å². The SMILES string of the molecule is O=C(Nc1ccc(Cl)cn1)C1CCCN(S(=O)(=O)c2ccc(F)cc2)C1. The Morgan fingerprint density at radius 1 is 1.23 bits per heavy atom. The zero-order valence-electron chi connectivity index (χ0n) is 13.7. The number of nitrogens with zero attached hydrogens (tertiary/aromatic N) is 2. The Morgan fingerprint density at radius 2 is 1.96 bits per heavy atom. The largest absolute Gasteiger partial charge is 0.310 e. The Kier molecular flexibility index (Phi) is 5.55. The molecule has 0 saturated carbocycles. The Morgan fingerprint density at radius 3 is 2.62 bits per heavy atom. The van der Waals surface area contributed by atoms with E-state index in [0.717, 1.165) is 12.1 Å². The molecule has 138 valence electrons. The maximum atomic E-state index is 13.0. The molecule has 0 radical (unpaired) electrons. The molecule has 1 N–H and O–H groups in total. The fourth-order valence-corrected chi connectivity index (χ4v) is 4.44. The Hall–Kier alpha value is -2.03. The predicted molar refractivity (Wildman–Crippen MR) is 95.8 cm³/mol. The molecule has 9 heteroatoms. The van der Waals surface area contributed by atoms with Gasteiger partial charge in [-0.05, 0) is 49.2 Å². The van der Waals surface area contributed by atoms with Crippen molar-refractivity contribution in [2.45, 2.75) is 17.7 Å². The minimum Gasteiger partial charge on any atom is -0.310 e.